The van der Waals surface area contributed by atoms with E-state index in [4.69, 9.17) is 5.73 Å². The first kappa shape index (κ1) is 13.4. The Balaban J connectivity index is 2.15. The van der Waals surface area contributed by atoms with Crippen molar-refractivity contribution in [3.8, 4) is 0 Å². The number of anilines is 1. The van der Waals surface area contributed by atoms with Crippen LogP contribution < -0.4 is 11.1 Å². The molecule has 1 saturated heterocycles. The molecule has 18 heavy (non-hydrogen) atoms. The Morgan fingerprint density at radius 2 is 2.00 bits per heavy atom. The van der Waals surface area contributed by atoms with E-state index in [0.717, 1.165) is 5.69 Å². The lowest BCUT2D eigenvalue weighted by atomic mass is 9.92. The van der Waals surface area contributed by atoms with Crippen molar-refractivity contribution in [3.63, 3.8) is 0 Å². The molecule has 100 valence electrons. The first-order chi connectivity index (χ1) is 8.45. The predicted octanol–water partition coefficient (Wildman–Crippen LogP) is 1.31. The van der Waals surface area contributed by atoms with Crippen molar-refractivity contribution in [3.05, 3.63) is 29.8 Å². The first-order valence-electron chi connectivity index (χ1n) is 6.20. The van der Waals surface area contributed by atoms with Crippen LogP contribution in [0.4, 0.5) is 5.69 Å². The monoisotopic (exact) mass is 268 g/mol. The SMILES string of the molecule is Cc1cccc(NC2(CN)CCS(=O)(=O)CC2)c1. The van der Waals surface area contributed by atoms with Crippen LogP contribution in [0, 0.1) is 6.92 Å². The van der Waals surface area contributed by atoms with E-state index in [1.807, 2.05) is 25.1 Å². The lowest BCUT2D eigenvalue weighted by molar-refractivity contribution is 0.426. The summed E-state index contributed by atoms with van der Waals surface area (Å²) in [4.78, 5) is 0. The number of nitrogens with two attached hydrogens (primary N) is 1. The van der Waals surface area contributed by atoms with Crippen LogP contribution in [0.3, 0.4) is 0 Å². The molecule has 0 amide bonds. The second kappa shape index (κ2) is 4.90. The minimum absolute atomic E-state index is 0.225. The smallest absolute Gasteiger partial charge is 0.150 e. The maximum Gasteiger partial charge on any atom is 0.150 e. The maximum absolute atomic E-state index is 11.5. The number of nitrogens with one attached hydrogen (secondary N) is 1. The maximum atomic E-state index is 11.5. The lowest BCUT2D eigenvalue weighted by Gasteiger charge is -2.37. The van der Waals surface area contributed by atoms with Crippen molar-refractivity contribution < 1.29 is 8.42 Å². The molecule has 1 aromatic carbocycles. The highest BCUT2D eigenvalue weighted by molar-refractivity contribution is 7.91. The van der Waals surface area contributed by atoms with Crippen molar-refractivity contribution in [2.24, 2.45) is 5.73 Å². The van der Waals surface area contributed by atoms with E-state index >= 15 is 0 Å². The van der Waals surface area contributed by atoms with Crippen LogP contribution >= 0.6 is 0 Å². The highest BCUT2D eigenvalue weighted by Gasteiger charge is 2.36. The number of rotatable bonds is 3. The lowest BCUT2D eigenvalue weighted by Crippen LogP contribution is -2.51. The average molecular weight is 268 g/mol. The second-order valence-electron chi connectivity index (χ2n) is 5.13. The third kappa shape index (κ3) is 3.03. The van der Waals surface area contributed by atoms with Gasteiger partial charge in [0.05, 0.1) is 17.0 Å². The molecule has 0 atom stereocenters. The molecule has 5 heteroatoms. The molecule has 1 heterocycles. The van der Waals surface area contributed by atoms with Crippen LogP contribution in [0.5, 0.6) is 0 Å². The van der Waals surface area contributed by atoms with Crippen LogP contribution in [0.2, 0.25) is 0 Å². The van der Waals surface area contributed by atoms with Gasteiger partial charge in [-0.15, -0.1) is 0 Å². The summed E-state index contributed by atoms with van der Waals surface area (Å²) in [6.45, 7) is 2.49. The molecule has 3 N–H and O–H groups in total. The van der Waals surface area contributed by atoms with Gasteiger partial charge in [-0.25, -0.2) is 8.42 Å². The van der Waals surface area contributed by atoms with E-state index in [-0.39, 0.29) is 17.0 Å². The van der Waals surface area contributed by atoms with Gasteiger partial charge in [-0.1, -0.05) is 12.1 Å². The Labute approximate surface area is 108 Å². The van der Waals surface area contributed by atoms with E-state index in [9.17, 15) is 8.42 Å². The zero-order chi connectivity index (χ0) is 13.2. The topological polar surface area (TPSA) is 72.2 Å². The van der Waals surface area contributed by atoms with E-state index < -0.39 is 9.84 Å². The standard InChI is InChI=1S/C13H20N2O2S/c1-11-3-2-4-12(9-11)15-13(10-14)5-7-18(16,17)8-6-13/h2-4,9,15H,5-8,10,14H2,1H3. The molecule has 2 rings (SSSR count). The van der Waals surface area contributed by atoms with Gasteiger partial charge in [-0.3, -0.25) is 0 Å². The summed E-state index contributed by atoms with van der Waals surface area (Å²) in [5, 5.41) is 3.43. The van der Waals surface area contributed by atoms with Gasteiger partial charge in [0.2, 0.25) is 0 Å². The van der Waals surface area contributed by atoms with Crippen molar-refractivity contribution >= 4 is 15.5 Å². The van der Waals surface area contributed by atoms with Gasteiger partial charge in [0.15, 0.2) is 9.84 Å². The number of hydrogen-bond acceptors (Lipinski definition) is 4. The van der Waals surface area contributed by atoms with E-state index in [0.29, 0.717) is 19.4 Å². The van der Waals surface area contributed by atoms with Gasteiger partial charge in [-0.05, 0) is 37.5 Å². The fourth-order valence-electron chi connectivity index (χ4n) is 2.34. The van der Waals surface area contributed by atoms with E-state index in [1.54, 1.807) is 0 Å². The third-order valence-electron chi connectivity index (χ3n) is 3.60. The van der Waals surface area contributed by atoms with Crippen LogP contribution in [0.25, 0.3) is 0 Å². The Morgan fingerprint density at radius 3 is 2.56 bits per heavy atom. The summed E-state index contributed by atoms with van der Waals surface area (Å²) in [6.07, 6.45) is 1.17. The number of benzene rings is 1. The highest BCUT2D eigenvalue weighted by atomic mass is 32.2. The van der Waals surface area contributed by atoms with E-state index in [2.05, 4.69) is 11.4 Å². The normalized spacial score (nSPS) is 21.4. The molecule has 0 spiro atoms. The summed E-state index contributed by atoms with van der Waals surface area (Å²) in [5.74, 6) is 0.450. The minimum atomic E-state index is -2.86. The predicted molar refractivity (Wildman–Crippen MR) is 74.5 cm³/mol. The van der Waals surface area contributed by atoms with Gasteiger partial charge in [-0.2, -0.15) is 0 Å². The average Bonchev–Trinajstić information content (AvgIpc) is 2.33. The third-order valence-corrected chi connectivity index (χ3v) is 5.25. The summed E-state index contributed by atoms with van der Waals surface area (Å²) in [6, 6.07) is 8.07. The summed E-state index contributed by atoms with van der Waals surface area (Å²) in [7, 11) is -2.86. The fraction of sp³-hybridized carbons (Fsp3) is 0.538. The Bertz CT molecular complexity index is 512. The molecular formula is C13H20N2O2S. The molecule has 1 aliphatic heterocycles. The van der Waals surface area contributed by atoms with Gasteiger partial charge in [0.1, 0.15) is 0 Å². The van der Waals surface area contributed by atoms with Gasteiger partial charge in [0, 0.05) is 12.2 Å². The molecule has 1 aromatic rings. The van der Waals surface area contributed by atoms with Gasteiger partial charge < -0.3 is 11.1 Å². The van der Waals surface area contributed by atoms with Gasteiger partial charge in [0.25, 0.3) is 0 Å². The minimum Gasteiger partial charge on any atom is -0.378 e. The number of sulfone groups is 1. The van der Waals surface area contributed by atoms with Crippen LogP contribution in [0.15, 0.2) is 24.3 Å². The molecular weight excluding hydrogens is 248 g/mol. The van der Waals surface area contributed by atoms with Crippen LogP contribution in [0.1, 0.15) is 18.4 Å². The number of hydrogen-bond donors (Lipinski definition) is 2. The van der Waals surface area contributed by atoms with Crippen molar-refractivity contribution in [2.45, 2.75) is 25.3 Å². The molecule has 0 aliphatic carbocycles. The molecule has 0 bridgehead atoms. The van der Waals surface area contributed by atoms with Crippen LogP contribution in [-0.2, 0) is 9.84 Å². The first-order valence-corrected chi connectivity index (χ1v) is 8.02. The number of aryl methyl sites for hydroxylation is 1. The highest BCUT2D eigenvalue weighted by Crippen LogP contribution is 2.27. The summed E-state index contributed by atoms with van der Waals surface area (Å²) < 4.78 is 23.0. The zero-order valence-electron chi connectivity index (χ0n) is 10.6. The Hall–Kier alpha value is -1.07. The molecule has 1 fully saturated rings. The van der Waals surface area contributed by atoms with Crippen molar-refractivity contribution in [1.82, 2.24) is 0 Å². The second-order valence-corrected chi connectivity index (χ2v) is 7.43. The summed E-state index contributed by atoms with van der Waals surface area (Å²) in [5.41, 5.74) is 7.77. The van der Waals surface area contributed by atoms with Crippen molar-refractivity contribution in [2.75, 3.05) is 23.4 Å². The Kier molecular flexibility index (Phi) is 3.64. The largest absolute Gasteiger partial charge is 0.378 e. The van der Waals surface area contributed by atoms with Gasteiger partial charge >= 0.3 is 0 Å². The van der Waals surface area contributed by atoms with Crippen molar-refractivity contribution in [1.29, 1.82) is 0 Å². The van der Waals surface area contributed by atoms with Crippen LogP contribution in [-0.4, -0.2) is 32.0 Å². The zero-order valence-corrected chi connectivity index (χ0v) is 11.5. The molecule has 0 aromatic heterocycles. The van der Waals surface area contributed by atoms with E-state index in [1.165, 1.54) is 5.56 Å². The molecule has 0 saturated carbocycles. The Morgan fingerprint density at radius 1 is 1.33 bits per heavy atom. The molecule has 1 aliphatic rings. The summed E-state index contributed by atoms with van der Waals surface area (Å²) >= 11 is 0. The quantitative estimate of drug-likeness (QED) is 0.867. The molecule has 0 unspecified atom stereocenters. The molecule has 0 radical (unpaired) electrons. The molecule has 4 nitrogen and oxygen atoms in total. The fourth-order valence-corrected chi connectivity index (χ4v) is 3.95.